The van der Waals surface area contributed by atoms with E-state index in [1.54, 1.807) is 13.8 Å². The van der Waals surface area contributed by atoms with Crippen LogP contribution in [0.3, 0.4) is 0 Å². The van der Waals surface area contributed by atoms with Crippen molar-refractivity contribution < 1.29 is 27.5 Å². The van der Waals surface area contributed by atoms with Gasteiger partial charge < -0.3 is 25.3 Å². The van der Waals surface area contributed by atoms with E-state index < -0.39 is 28.1 Å². The number of anilines is 1. The standard InChI is InChI=1S/C29H36N6O6S/c1-18(2)14-35(42(38,39)22-10-11-23-26(13-22)41-29(30)34-23)15-25(36)24(12-21-8-6-5-7-9-21)33-27(37)16-40-28-19(3)31-17-32-20(28)4/h5-11,13,17-18,24-25,36H,12,14-16H2,1-4H3,(H2,30,34)(H,33,37)/t24-,25+/m0/s1. The Balaban J connectivity index is 1.56. The average Bonchev–Trinajstić information content (AvgIpc) is 3.31. The van der Waals surface area contributed by atoms with Crippen LogP contribution in [0.25, 0.3) is 11.1 Å². The number of hydrogen-bond donors (Lipinski definition) is 3. The molecule has 0 bridgehead atoms. The summed E-state index contributed by atoms with van der Waals surface area (Å²) in [4.78, 5) is 25.2. The number of oxazole rings is 1. The Kier molecular flexibility index (Phi) is 9.76. The molecule has 12 nitrogen and oxygen atoms in total. The fourth-order valence-electron chi connectivity index (χ4n) is 4.57. The van der Waals surface area contributed by atoms with E-state index in [1.165, 1.54) is 28.8 Å². The molecule has 2 aromatic heterocycles. The van der Waals surface area contributed by atoms with Crippen molar-refractivity contribution >= 4 is 33.0 Å². The van der Waals surface area contributed by atoms with Crippen molar-refractivity contribution in [1.29, 1.82) is 0 Å². The van der Waals surface area contributed by atoms with Gasteiger partial charge in [-0.3, -0.25) is 4.79 Å². The topological polar surface area (TPSA) is 174 Å². The second kappa shape index (κ2) is 13.3. The number of aliphatic hydroxyl groups is 1. The zero-order valence-electron chi connectivity index (χ0n) is 24.0. The molecule has 0 spiro atoms. The lowest BCUT2D eigenvalue weighted by atomic mass is 10.0. The van der Waals surface area contributed by atoms with Crippen LogP contribution in [0.15, 0.2) is 64.2 Å². The maximum absolute atomic E-state index is 13.8. The minimum Gasteiger partial charge on any atom is -0.480 e. The number of rotatable bonds is 13. The highest BCUT2D eigenvalue weighted by atomic mass is 32.2. The maximum Gasteiger partial charge on any atom is 0.292 e. The van der Waals surface area contributed by atoms with Crippen molar-refractivity contribution in [2.45, 2.75) is 51.2 Å². The SMILES string of the molecule is Cc1ncnc(C)c1OCC(=O)N[C@@H](Cc1ccccc1)[C@H](O)CN(CC(C)C)S(=O)(=O)c1ccc2nc(N)oc2c1. The maximum atomic E-state index is 13.8. The number of aromatic nitrogens is 3. The summed E-state index contributed by atoms with van der Waals surface area (Å²) in [5.41, 5.74) is 8.34. The number of carbonyl (C=O) groups excluding carboxylic acids is 1. The molecule has 1 amide bonds. The predicted molar refractivity (Wildman–Crippen MR) is 157 cm³/mol. The van der Waals surface area contributed by atoms with Crippen LogP contribution in [-0.4, -0.2) is 70.5 Å². The first-order valence-corrected chi connectivity index (χ1v) is 15.0. The molecule has 42 heavy (non-hydrogen) atoms. The quantitative estimate of drug-likeness (QED) is 0.208. The van der Waals surface area contributed by atoms with E-state index in [9.17, 15) is 18.3 Å². The van der Waals surface area contributed by atoms with Gasteiger partial charge in [-0.25, -0.2) is 18.4 Å². The number of fused-ring (bicyclic) bond motifs is 1. The molecule has 0 fully saturated rings. The average molecular weight is 597 g/mol. The van der Waals surface area contributed by atoms with Crippen LogP contribution >= 0.6 is 0 Å². The summed E-state index contributed by atoms with van der Waals surface area (Å²) in [6, 6.07) is 12.7. The highest BCUT2D eigenvalue weighted by molar-refractivity contribution is 7.89. The number of hydrogen-bond acceptors (Lipinski definition) is 10. The zero-order valence-corrected chi connectivity index (χ0v) is 24.8. The fourth-order valence-corrected chi connectivity index (χ4v) is 6.21. The Morgan fingerprint density at radius 3 is 2.45 bits per heavy atom. The van der Waals surface area contributed by atoms with Gasteiger partial charge in [-0.2, -0.15) is 9.29 Å². The van der Waals surface area contributed by atoms with Gasteiger partial charge in [0.2, 0.25) is 10.0 Å². The van der Waals surface area contributed by atoms with Gasteiger partial charge in [-0.1, -0.05) is 44.2 Å². The smallest absolute Gasteiger partial charge is 0.292 e. The lowest BCUT2D eigenvalue weighted by Crippen LogP contribution is -2.52. The van der Waals surface area contributed by atoms with Gasteiger partial charge in [0.15, 0.2) is 17.9 Å². The number of ether oxygens (including phenoxy) is 1. The molecule has 0 unspecified atom stereocenters. The van der Waals surface area contributed by atoms with E-state index in [4.69, 9.17) is 14.9 Å². The summed E-state index contributed by atoms with van der Waals surface area (Å²) in [5, 5.41) is 14.3. The van der Waals surface area contributed by atoms with Crippen LogP contribution in [0.2, 0.25) is 0 Å². The number of carbonyl (C=O) groups is 1. The first-order valence-electron chi connectivity index (χ1n) is 13.5. The molecule has 0 aliphatic heterocycles. The van der Waals surface area contributed by atoms with Gasteiger partial charge in [0, 0.05) is 19.2 Å². The van der Waals surface area contributed by atoms with Gasteiger partial charge in [-0.15, -0.1) is 0 Å². The number of sulfonamides is 1. The van der Waals surface area contributed by atoms with Crippen molar-refractivity contribution in [3.63, 3.8) is 0 Å². The van der Waals surface area contributed by atoms with Gasteiger partial charge in [0.1, 0.15) is 11.8 Å². The molecular weight excluding hydrogens is 560 g/mol. The number of amides is 1. The summed E-state index contributed by atoms with van der Waals surface area (Å²) in [6.07, 6.45) is 0.426. The van der Waals surface area contributed by atoms with Gasteiger partial charge in [0.05, 0.1) is 28.4 Å². The second-order valence-electron chi connectivity index (χ2n) is 10.5. The monoisotopic (exact) mass is 596 g/mol. The molecule has 0 aliphatic rings. The third-order valence-corrected chi connectivity index (χ3v) is 8.42. The fraction of sp³-hybridized carbons (Fsp3) is 0.379. The van der Waals surface area contributed by atoms with E-state index in [2.05, 4.69) is 20.3 Å². The molecule has 0 radical (unpaired) electrons. The third kappa shape index (κ3) is 7.60. The molecule has 0 saturated carbocycles. The number of nitrogen functional groups attached to an aromatic ring is 1. The van der Waals surface area contributed by atoms with Crippen molar-refractivity contribution in [1.82, 2.24) is 24.6 Å². The Hall–Kier alpha value is -4.07. The summed E-state index contributed by atoms with van der Waals surface area (Å²) in [6.45, 7) is 6.81. The normalized spacial score (nSPS) is 13.4. The van der Waals surface area contributed by atoms with E-state index >= 15 is 0 Å². The number of benzene rings is 2. The Labute approximate surface area is 245 Å². The number of nitrogens with two attached hydrogens (primary N) is 1. The van der Waals surface area contributed by atoms with E-state index in [1.807, 2.05) is 44.2 Å². The highest BCUT2D eigenvalue weighted by Crippen LogP contribution is 2.25. The molecule has 4 rings (SSSR count). The van der Waals surface area contributed by atoms with Crippen LogP contribution < -0.4 is 15.8 Å². The third-order valence-electron chi connectivity index (χ3n) is 6.59. The molecule has 224 valence electrons. The number of aliphatic hydroxyl groups excluding tert-OH is 1. The Bertz CT molecular complexity index is 1610. The molecule has 0 saturated heterocycles. The minimum atomic E-state index is -4.07. The molecule has 2 heterocycles. The van der Waals surface area contributed by atoms with E-state index in [0.29, 0.717) is 22.7 Å². The molecule has 4 aromatic rings. The lowest BCUT2D eigenvalue weighted by molar-refractivity contribution is -0.124. The Morgan fingerprint density at radius 2 is 1.79 bits per heavy atom. The van der Waals surface area contributed by atoms with Gasteiger partial charge in [-0.05, 0) is 43.9 Å². The molecule has 2 atom stereocenters. The molecule has 4 N–H and O–H groups in total. The van der Waals surface area contributed by atoms with E-state index in [-0.39, 0.29) is 48.5 Å². The molecule has 2 aromatic carbocycles. The number of nitrogens with one attached hydrogen (secondary N) is 1. The van der Waals surface area contributed by atoms with Crippen molar-refractivity contribution in [3.8, 4) is 5.75 Å². The van der Waals surface area contributed by atoms with Gasteiger partial charge >= 0.3 is 0 Å². The molecule has 13 heteroatoms. The van der Waals surface area contributed by atoms with Crippen LogP contribution in [0.4, 0.5) is 6.01 Å². The Morgan fingerprint density at radius 1 is 1.10 bits per heavy atom. The van der Waals surface area contributed by atoms with Crippen LogP contribution in [0.5, 0.6) is 5.75 Å². The number of nitrogens with zero attached hydrogens (tertiary/aromatic N) is 4. The minimum absolute atomic E-state index is 0.0214. The zero-order chi connectivity index (χ0) is 30.4. The summed E-state index contributed by atoms with van der Waals surface area (Å²) in [7, 11) is -4.07. The van der Waals surface area contributed by atoms with Crippen LogP contribution in [-0.2, 0) is 21.2 Å². The van der Waals surface area contributed by atoms with Crippen molar-refractivity contribution in [3.05, 3.63) is 71.8 Å². The van der Waals surface area contributed by atoms with Crippen molar-refractivity contribution in [2.24, 2.45) is 5.92 Å². The molecule has 0 aliphatic carbocycles. The highest BCUT2D eigenvalue weighted by Gasteiger charge is 2.32. The second-order valence-corrected chi connectivity index (χ2v) is 12.4. The predicted octanol–water partition coefficient (Wildman–Crippen LogP) is 2.63. The lowest BCUT2D eigenvalue weighted by Gasteiger charge is -2.30. The van der Waals surface area contributed by atoms with Crippen LogP contribution in [0, 0.1) is 19.8 Å². The summed E-state index contributed by atoms with van der Waals surface area (Å²) < 4.78 is 39.8. The van der Waals surface area contributed by atoms with Gasteiger partial charge in [0.25, 0.3) is 11.9 Å². The van der Waals surface area contributed by atoms with Crippen molar-refractivity contribution in [2.75, 3.05) is 25.4 Å². The first-order chi connectivity index (χ1) is 19.9. The van der Waals surface area contributed by atoms with Crippen LogP contribution in [0.1, 0.15) is 30.8 Å². The summed E-state index contributed by atoms with van der Waals surface area (Å²) in [5.74, 6) is -0.122. The first kappa shape index (κ1) is 30.9. The van der Waals surface area contributed by atoms with E-state index in [0.717, 1.165) is 5.56 Å². The largest absolute Gasteiger partial charge is 0.480 e. The number of aryl methyl sites for hydroxylation is 2. The summed E-state index contributed by atoms with van der Waals surface area (Å²) >= 11 is 0. The molecular formula is C29H36N6O6S.